The molecule has 0 aliphatic carbocycles. The number of hydrogen-bond donors (Lipinski definition) is 1. The van der Waals surface area contributed by atoms with Gasteiger partial charge in [-0.05, 0) is 24.5 Å². The summed E-state index contributed by atoms with van der Waals surface area (Å²) in [6.07, 6.45) is 0.625. The molecule has 0 unspecified atom stereocenters. The Morgan fingerprint density at radius 3 is 2.31 bits per heavy atom. The van der Waals surface area contributed by atoms with E-state index in [1.54, 1.807) is 0 Å². The van der Waals surface area contributed by atoms with Crippen LogP contribution in [0, 0.1) is 5.92 Å². The molecule has 0 bridgehead atoms. The first-order chi connectivity index (χ1) is 15.3. The number of aromatic nitrogens is 1. The predicted molar refractivity (Wildman–Crippen MR) is 121 cm³/mol. The van der Waals surface area contributed by atoms with Crippen molar-refractivity contribution in [3.05, 3.63) is 60.2 Å². The highest BCUT2D eigenvalue weighted by molar-refractivity contribution is 7.86. The summed E-state index contributed by atoms with van der Waals surface area (Å²) in [5, 5.41) is 5.94. The average Bonchev–Trinajstić information content (AvgIpc) is 3.10. The van der Waals surface area contributed by atoms with Gasteiger partial charge in [-0.15, -0.1) is 0 Å². The third-order valence-electron chi connectivity index (χ3n) is 5.93. The molecule has 1 aliphatic heterocycles. The fraction of sp³-hybridized carbons (Fsp3) is 0.304. The van der Waals surface area contributed by atoms with Crippen LogP contribution in [0.2, 0.25) is 0 Å². The Morgan fingerprint density at radius 2 is 1.66 bits per heavy atom. The van der Waals surface area contributed by atoms with Gasteiger partial charge in [0.1, 0.15) is 0 Å². The maximum Gasteiger partial charge on any atom is 0.309 e. The second-order valence-corrected chi connectivity index (χ2v) is 9.46. The summed E-state index contributed by atoms with van der Waals surface area (Å²) in [7, 11) is -1.85. The van der Waals surface area contributed by atoms with Crippen molar-refractivity contribution in [1.29, 1.82) is 0 Å². The maximum absolute atomic E-state index is 13.2. The number of rotatable bonds is 6. The van der Waals surface area contributed by atoms with Crippen LogP contribution in [0.1, 0.15) is 23.2 Å². The molecule has 3 aromatic rings. The summed E-state index contributed by atoms with van der Waals surface area (Å²) in [4.78, 5) is 25.8. The van der Waals surface area contributed by atoms with Gasteiger partial charge in [0, 0.05) is 31.0 Å². The van der Waals surface area contributed by atoms with E-state index < -0.39 is 22.1 Å². The lowest BCUT2D eigenvalue weighted by Gasteiger charge is -2.28. The molecule has 1 aromatic heterocycles. The summed E-state index contributed by atoms with van der Waals surface area (Å²) < 4.78 is 31.4. The Labute approximate surface area is 186 Å². The van der Waals surface area contributed by atoms with Crippen molar-refractivity contribution < 1.29 is 22.7 Å². The third kappa shape index (κ3) is 4.32. The number of ether oxygens (including phenoxy) is 1. The SMILES string of the molecule is Cn1c(-c2ccccc2)c(C(=O)COC(=O)C2CCN(S(N)(=O)=O)CC2)c2ccccc21. The zero-order valence-corrected chi connectivity index (χ0v) is 18.5. The van der Waals surface area contributed by atoms with Crippen molar-refractivity contribution in [3.63, 3.8) is 0 Å². The van der Waals surface area contributed by atoms with Crippen LogP contribution in [0.3, 0.4) is 0 Å². The number of carbonyl (C=O) groups is 2. The van der Waals surface area contributed by atoms with E-state index >= 15 is 0 Å². The van der Waals surface area contributed by atoms with Gasteiger partial charge in [0.25, 0.3) is 10.2 Å². The second-order valence-electron chi connectivity index (χ2n) is 7.91. The molecule has 0 saturated carbocycles. The zero-order valence-electron chi connectivity index (χ0n) is 17.7. The van der Waals surface area contributed by atoms with E-state index in [9.17, 15) is 18.0 Å². The number of ketones is 1. The minimum atomic E-state index is -3.76. The van der Waals surface area contributed by atoms with E-state index in [4.69, 9.17) is 9.88 Å². The molecule has 8 nitrogen and oxygen atoms in total. The Kier molecular flexibility index (Phi) is 6.14. The first kappa shape index (κ1) is 22.2. The van der Waals surface area contributed by atoms with Crippen molar-refractivity contribution in [2.45, 2.75) is 12.8 Å². The molecular formula is C23H25N3O5S. The summed E-state index contributed by atoms with van der Waals surface area (Å²) in [6.45, 7) is -0.0515. The lowest BCUT2D eigenvalue weighted by Crippen LogP contribution is -2.43. The smallest absolute Gasteiger partial charge is 0.309 e. The number of Topliss-reactive ketones (excluding diaryl/α,β-unsaturated/α-hetero) is 1. The number of hydrogen-bond acceptors (Lipinski definition) is 5. The van der Waals surface area contributed by atoms with Gasteiger partial charge in [-0.2, -0.15) is 12.7 Å². The number of fused-ring (bicyclic) bond motifs is 1. The molecule has 0 spiro atoms. The number of carbonyl (C=O) groups excluding carboxylic acids is 2. The second kappa shape index (κ2) is 8.85. The highest BCUT2D eigenvalue weighted by atomic mass is 32.2. The summed E-state index contributed by atoms with van der Waals surface area (Å²) in [5.74, 6) is -1.23. The first-order valence-corrected chi connectivity index (χ1v) is 11.9. The largest absolute Gasteiger partial charge is 0.457 e. The zero-order chi connectivity index (χ0) is 22.9. The maximum atomic E-state index is 13.2. The van der Waals surface area contributed by atoms with Crippen molar-refractivity contribution in [2.24, 2.45) is 18.1 Å². The summed E-state index contributed by atoms with van der Waals surface area (Å²) in [6, 6.07) is 17.2. The number of benzene rings is 2. The van der Waals surface area contributed by atoms with Gasteiger partial charge in [-0.25, -0.2) is 5.14 Å². The van der Waals surface area contributed by atoms with E-state index in [0.29, 0.717) is 18.4 Å². The predicted octanol–water partition coefficient (Wildman–Crippen LogP) is 2.49. The molecule has 0 atom stereocenters. The van der Waals surface area contributed by atoms with Crippen LogP contribution in [0.15, 0.2) is 54.6 Å². The topological polar surface area (TPSA) is 112 Å². The molecule has 0 radical (unpaired) electrons. The van der Waals surface area contributed by atoms with Gasteiger partial charge >= 0.3 is 5.97 Å². The number of para-hydroxylation sites is 1. The van der Waals surface area contributed by atoms with Crippen LogP contribution in [-0.2, 0) is 26.8 Å². The van der Waals surface area contributed by atoms with Crippen LogP contribution in [0.4, 0.5) is 0 Å². The molecule has 1 aliphatic rings. The number of piperidine rings is 1. The Bertz CT molecular complexity index is 1260. The molecular weight excluding hydrogens is 430 g/mol. The lowest BCUT2D eigenvalue weighted by molar-refractivity contribution is -0.148. The molecule has 32 heavy (non-hydrogen) atoms. The molecule has 0 amide bonds. The van der Waals surface area contributed by atoms with Crippen LogP contribution in [-0.4, -0.2) is 48.7 Å². The Hall–Kier alpha value is -3.01. The Balaban J connectivity index is 1.53. The molecule has 4 rings (SSSR count). The van der Waals surface area contributed by atoms with E-state index in [1.165, 1.54) is 0 Å². The normalized spacial score (nSPS) is 15.7. The van der Waals surface area contributed by atoms with Crippen LogP contribution in [0.25, 0.3) is 22.2 Å². The number of nitrogens with two attached hydrogens (primary N) is 1. The van der Waals surface area contributed by atoms with E-state index in [-0.39, 0.29) is 25.5 Å². The molecule has 1 saturated heterocycles. The van der Waals surface area contributed by atoms with Crippen molar-refractivity contribution >= 4 is 32.9 Å². The van der Waals surface area contributed by atoms with Crippen LogP contribution in [0.5, 0.6) is 0 Å². The van der Waals surface area contributed by atoms with Gasteiger partial charge in [0.2, 0.25) is 5.78 Å². The number of aryl methyl sites for hydroxylation is 1. The first-order valence-electron chi connectivity index (χ1n) is 10.4. The van der Waals surface area contributed by atoms with Gasteiger partial charge in [0.15, 0.2) is 6.61 Å². The van der Waals surface area contributed by atoms with E-state index in [0.717, 1.165) is 26.5 Å². The van der Waals surface area contributed by atoms with Gasteiger partial charge in [-0.1, -0.05) is 48.5 Å². The number of nitrogens with zero attached hydrogens (tertiary/aromatic N) is 2. The van der Waals surface area contributed by atoms with Crippen molar-refractivity contribution in [1.82, 2.24) is 8.87 Å². The summed E-state index contributed by atoms with van der Waals surface area (Å²) in [5.41, 5.74) is 3.10. The van der Waals surface area contributed by atoms with Crippen molar-refractivity contribution in [2.75, 3.05) is 19.7 Å². The van der Waals surface area contributed by atoms with E-state index in [1.807, 2.05) is 66.2 Å². The molecule has 2 N–H and O–H groups in total. The third-order valence-corrected chi connectivity index (χ3v) is 7.01. The minimum absolute atomic E-state index is 0.161. The van der Waals surface area contributed by atoms with Crippen molar-refractivity contribution in [3.8, 4) is 11.3 Å². The van der Waals surface area contributed by atoms with Crippen LogP contribution < -0.4 is 5.14 Å². The molecule has 168 valence electrons. The van der Waals surface area contributed by atoms with E-state index in [2.05, 4.69) is 0 Å². The van der Waals surface area contributed by atoms with Gasteiger partial charge in [0.05, 0.1) is 17.2 Å². The molecule has 9 heteroatoms. The minimum Gasteiger partial charge on any atom is -0.457 e. The van der Waals surface area contributed by atoms with Gasteiger partial charge in [-0.3, -0.25) is 9.59 Å². The standard InChI is InChI=1S/C23H25N3O5S/c1-25-19-10-6-5-9-18(19)21(22(25)16-7-3-2-4-8-16)20(27)15-31-23(28)17-11-13-26(14-12-17)32(24,29)30/h2-10,17H,11-15H2,1H3,(H2,24,29,30). The highest BCUT2D eigenvalue weighted by Crippen LogP contribution is 2.33. The molecule has 1 fully saturated rings. The fourth-order valence-corrected chi connectivity index (χ4v) is 5.00. The molecule has 2 heterocycles. The Morgan fingerprint density at radius 1 is 1.03 bits per heavy atom. The summed E-state index contributed by atoms with van der Waals surface area (Å²) >= 11 is 0. The number of esters is 1. The quantitative estimate of drug-likeness (QED) is 0.453. The lowest BCUT2D eigenvalue weighted by atomic mass is 9.98. The van der Waals surface area contributed by atoms with Gasteiger partial charge < -0.3 is 9.30 Å². The highest BCUT2D eigenvalue weighted by Gasteiger charge is 2.31. The molecule has 2 aromatic carbocycles. The fourth-order valence-electron chi connectivity index (χ4n) is 4.28. The average molecular weight is 456 g/mol. The monoisotopic (exact) mass is 455 g/mol. The van der Waals surface area contributed by atoms with Crippen LogP contribution >= 0.6 is 0 Å².